The molecular weight excluding hydrogens is 256 g/mol. The van der Waals surface area contributed by atoms with Gasteiger partial charge in [0.2, 0.25) is 0 Å². The molecule has 1 saturated heterocycles. The van der Waals surface area contributed by atoms with Crippen molar-refractivity contribution in [2.75, 3.05) is 18.5 Å². The van der Waals surface area contributed by atoms with Crippen molar-refractivity contribution in [3.8, 4) is 11.3 Å². The zero-order valence-corrected chi connectivity index (χ0v) is 11.9. The Bertz CT molecular complexity index is 547. The highest BCUT2D eigenvalue weighted by molar-refractivity contribution is 7.09. The number of nitrogens with zero attached hydrogens (tertiary/aromatic N) is 1. The van der Waals surface area contributed by atoms with Gasteiger partial charge in [0.15, 0.2) is 0 Å². The maximum atomic E-state index is 5.62. The molecule has 4 heteroatoms. The first-order chi connectivity index (χ1) is 9.31. The Labute approximate surface area is 117 Å². The monoisotopic (exact) mass is 274 g/mol. The fraction of sp³-hybridized carbons (Fsp3) is 0.400. The van der Waals surface area contributed by atoms with Crippen molar-refractivity contribution in [1.29, 1.82) is 0 Å². The average Bonchev–Trinajstić information content (AvgIpc) is 3.08. The van der Waals surface area contributed by atoms with E-state index in [0.29, 0.717) is 6.10 Å². The summed E-state index contributed by atoms with van der Waals surface area (Å²) in [4.78, 5) is 4.53. The lowest BCUT2D eigenvalue weighted by atomic mass is 10.1. The van der Waals surface area contributed by atoms with E-state index in [4.69, 9.17) is 4.74 Å². The number of benzene rings is 1. The maximum Gasteiger partial charge on any atom is 0.0901 e. The van der Waals surface area contributed by atoms with Crippen LogP contribution >= 0.6 is 11.3 Å². The third-order valence-corrected chi connectivity index (χ3v) is 4.11. The largest absolute Gasteiger partial charge is 0.382 e. The van der Waals surface area contributed by atoms with Gasteiger partial charge < -0.3 is 10.1 Å². The molecule has 2 aromatic rings. The minimum Gasteiger partial charge on any atom is -0.382 e. The minimum atomic E-state index is 0.366. The van der Waals surface area contributed by atoms with Crippen LogP contribution in [0.3, 0.4) is 0 Å². The molecule has 3 nitrogen and oxygen atoms in total. The number of thiazole rings is 1. The normalized spacial score (nSPS) is 18.7. The van der Waals surface area contributed by atoms with E-state index in [1.54, 1.807) is 11.3 Å². The van der Waals surface area contributed by atoms with Crippen molar-refractivity contribution < 1.29 is 4.74 Å². The molecule has 1 aromatic heterocycles. The van der Waals surface area contributed by atoms with Crippen LogP contribution in [0, 0.1) is 6.92 Å². The molecule has 0 saturated carbocycles. The van der Waals surface area contributed by atoms with Gasteiger partial charge in [-0.3, -0.25) is 0 Å². The van der Waals surface area contributed by atoms with Gasteiger partial charge in [-0.2, -0.15) is 0 Å². The molecule has 19 heavy (non-hydrogen) atoms. The van der Waals surface area contributed by atoms with Crippen LogP contribution in [-0.2, 0) is 4.74 Å². The number of hydrogen-bond acceptors (Lipinski definition) is 4. The maximum absolute atomic E-state index is 5.62. The van der Waals surface area contributed by atoms with Gasteiger partial charge in [0, 0.05) is 29.8 Å². The molecule has 1 unspecified atom stereocenters. The third-order valence-electron chi connectivity index (χ3n) is 3.34. The molecule has 2 heterocycles. The Balaban J connectivity index is 1.69. The molecule has 3 rings (SSSR count). The first-order valence-electron chi connectivity index (χ1n) is 6.69. The molecule has 1 N–H and O–H groups in total. The van der Waals surface area contributed by atoms with Crippen LogP contribution in [-0.4, -0.2) is 24.2 Å². The van der Waals surface area contributed by atoms with Gasteiger partial charge in [0.25, 0.3) is 0 Å². The van der Waals surface area contributed by atoms with E-state index in [-0.39, 0.29) is 0 Å². The number of nitrogens with one attached hydrogen (secondary N) is 1. The van der Waals surface area contributed by atoms with Crippen molar-refractivity contribution in [3.05, 3.63) is 34.7 Å². The Kier molecular flexibility index (Phi) is 3.80. The molecule has 1 atom stereocenters. The fourth-order valence-corrected chi connectivity index (χ4v) is 2.94. The smallest absolute Gasteiger partial charge is 0.0901 e. The topological polar surface area (TPSA) is 34.2 Å². The van der Waals surface area contributed by atoms with Gasteiger partial charge in [-0.25, -0.2) is 4.98 Å². The SMILES string of the molecule is Cc1nc(-c2cccc(NCC3CCCO3)c2)cs1. The highest BCUT2D eigenvalue weighted by atomic mass is 32.1. The van der Waals surface area contributed by atoms with Gasteiger partial charge in [-0.1, -0.05) is 12.1 Å². The molecule has 1 aliphatic heterocycles. The van der Waals surface area contributed by atoms with Crippen LogP contribution in [0.5, 0.6) is 0 Å². The summed E-state index contributed by atoms with van der Waals surface area (Å²) >= 11 is 1.69. The van der Waals surface area contributed by atoms with Crippen molar-refractivity contribution in [2.24, 2.45) is 0 Å². The lowest BCUT2D eigenvalue weighted by Gasteiger charge is -2.12. The summed E-state index contributed by atoms with van der Waals surface area (Å²) in [5.74, 6) is 0. The van der Waals surface area contributed by atoms with Gasteiger partial charge in [-0.15, -0.1) is 11.3 Å². The van der Waals surface area contributed by atoms with Crippen LogP contribution in [0.15, 0.2) is 29.6 Å². The van der Waals surface area contributed by atoms with Crippen molar-refractivity contribution in [2.45, 2.75) is 25.9 Å². The van der Waals surface area contributed by atoms with Crippen molar-refractivity contribution in [3.63, 3.8) is 0 Å². The Morgan fingerprint density at radius 1 is 1.47 bits per heavy atom. The lowest BCUT2D eigenvalue weighted by Crippen LogP contribution is -2.18. The van der Waals surface area contributed by atoms with Crippen LogP contribution in [0.1, 0.15) is 17.8 Å². The second kappa shape index (κ2) is 5.72. The van der Waals surface area contributed by atoms with E-state index in [2.05, 4.69) is 39.9 Å². The Morgan fingerprint density at radius 3 is 3.16 bits per heavy atom. The number of anilines is 1. The Morgan fingerprint density at radius 2 is 2.42 bits per heavy atom. The summed E-state index contributed by atoms with van der Waals surface area (Å²) in [6.07, 6.45) is 2.72. The zero-order valence-electron chi connectivity index (χ0n) is 11.1. The minimum absolute atomic E-state index is 0.366. The molecule has 1 fully saturated rings. The van der Waals surface area contributed by atoms with E-state index >= 15 is 0 Å². The summed E-state index contributed by atoms with van der Waals surface area (Å²) in [7, 11) is 0. The second-order valence-electron chi connectivity index (χ2n) is 4.85. The molecule has 1 aromatic carbocycles. The standard InChI is InChI=1S/C15H18N2OS/c1-11-17-15(10-19-11)12-4-2-5-13(8-12)16-9-14-6-3-7-18-14/h2,4-5,8,10,14,16H,3,6-7,9H2,1H3. The predicted molar refractivity (Wildman–Crippen MR) is 79.8 cm³/mol. The molecule has 0 amide bonds. The number of hydrogen-bond donors (Lipinski definition) is 1. The van der Waals surface area contributed by atoms with Gasteiger partial charge in [0.1, 0.15) is 0 Å². The number of aromatic nitrogens is 1. The predicted octanol–water partition coefficient (Wildman–Crippen LogP) is 3.71. The van der Waals surface area contributed by atoms with Crippen molar-refractivity contribution in [1.82, 2.24) is 4.98 Å². The van der Waals surface area contributed by atoms with Crippen LogP contribution in [0.25, 0.3) is 11.3 Å². The molecule has 0 bridgehead atoms. The summed E-state index contributed by atoms with van der Waals surface area (Å²) in [6.45, 7) is 3.83. The molecule has 0 spiro atoms. The van der Waals surface area contributed by atoms with E-state index in [9.17, 15) is 0 Å². The average molecular weight is 274 g/mol. The van der Waals surface area contributed by atoms with Crippen LogP contribution < -0.4 is 5.32 Å². The number of rotatable bonds is 4. The fourth-order valence-electron chi connectivity index (χ4n) is 2.32. The first-order valence-corrected chi connectivity index (χ1v) is 7.57. The van der Waals surface area contributed by atoms with Crippen LogP contribution in [0.2, 0.25) is 0 Å². The summed E-state index contributed by atoms with van der Waals surface area (Å²) < 4.78 is 5.62. The summed E-state index contributed by atoms with van der Waals surface area (Å²) in [6, 6.07) is 8.43. The molecule has 0 aliphatic carbocycles. The molecule has 100 valence electrons. The molecular formula is C15H18N2OS. The number of aryl methyl sites for hydroxylation is 1. The highest BCUT2D eigenvalue weighted by Crippen LogP contribution is 2.24. The van der Waals surface area contributed by atoms with E-state index in [0.717, 1.165) is 36.0 Å². The van der Waals surface area contributed by atoms with E-state index < -0.39 is 0 Å². The van der Waals surface area contributed by atoms with E-state index in [1.165, 1.54) is 12.0 Å². The summed E-state index contributed by atoms with van der Waals surface area (Å²) in [5.41, 5.74) is 3.36. The summed E-state index contributed by atoms with van der Waals surface area (Å²) in [5, 5.41) is 6.66. The van der Waals surface area contributed by atoms with E-state index in [1.807, 2.05) is 6.92 Å². The second-order valence-corrected chi connectivity index (χ2v) is 5.91. The lowest BCUT2D eigenvalue weighted by molar-refractivity contribution is 0.120. The van der Waals surface area contributed by atoms with Crippen LogP contribution in [0.4, 0.5) is 5.69 Å². The first kappa shape index (κ1) is 12.6. The number of ether oxygens (including phenoxy) is 1. The molecule has 0 radical (unpaired) electrons. The molecule has 1 aliphatic rings. The Hall–Kier alpha value is -1.39. The zero-order chi connectivity index (χ0) is 13.1. The van der Waals surface area contributed by atoms with Gasteiger partial charge in [-0.05, 0) is 31.9 Å². The highest BCUT2D eigenvalue weighted by Gasteiger charge is 2.14. The van der Waals surface area contributed by atoms with Gasteiger partial charge in [0.05, 0.1) is 16.8 Å². The quantitative estimate of drug-likeness (QED) is 0.923. The van der Waals surface area contributed by atoms with Gasteiger partial charge >= 0.3 is 0 Å². The third kappa shape index (κ3) is 3.14. The van der Waals surface area contributed by atoms with Crippen molar-refractivity contribution >= 4 is 17.0 Å².